The van der Waals surface area contributed by atoms with Gasteiger partial charge in [-0.15, -0.1) is 11.3 Å². The molecule has 0 spiro atoms. The van der Waals surface area contributed by atoms with Gasteiger partial charge in [0, 0.05) is 11.5 Å². The van der Waals surface area contributed by atoms with Crippen LogP contribution < -0.4 is 5.32 Å². The zero-order valence-corrected chi connectivity index (χ0v) is 11.1. The summed E-state index contributed by atoms with van der Waals surface area (Å²) in [6.07, 6.45) is 1.87. The molecule has 0 fully saturated rings. The molecular formula is C7H7IN4S2. The smallest absolute Gasteiger partial charge is 0.202 e. The van der Waals surface area contributed by atoms with Gasteiger partial charge in [-0.25, -0.2) is 9.97 Å². The Morgan fingerprint density at radius 1 is 1.57 bits per heavy atom. The van der Waals surface area contributed by atoms with E-state index < -0.39 is 0 Å². The highest BCUT2D eigenvalue weighted by molar-refractivity contribution is 14.1. The molecule has 7 heteroatoms. The summed E-state index contributed by atoms with van der Waals surface area (Å²) in [6, 6.07) is 0. The summed E-state index contributed by atoms with van der Waals surface area (Å²) < 4.78 is 5.29. The van der Waals surface area contributed by atoms with Crippen molar-refractivity contribution < 1.29 is 0 Å². The molecule has 0 radical (unpaired) electrons. The molecule has 0 saturated heterocycles. The molecule has 2 rings (SSSR count). The minimum atomic E-state index is 0.725. The van der Waals surface area contributed by atoms with Crippen molar-refractivity contribution in [3.63, 3.8) is 0 Å². The zero-order chi connectivity index (χ0) is 9.97. The average molecular weight is 338 g/mol. The number of anilines is 1. The van der Waals surface area contributed by atoms with Crippen LogP contribution in [0.1, 0.15) is 10.8 Å². The van der Waals surface area contributed by atoms with Crippen LogP contribution in [0.2, 0.25) is 0 Å². The summed E-state index contributed by atoms with van der Waals surface area (Å²) in [7, 11) is 0. The molecule has 2 heterocycles. The number of nitrogens with zero attached hydrogens (tertiary/aromatic N) is 3. The van der Waals surface area contributed by atoms with Gasteiger partial charge in [0.05, 0.1) is 15.6 Å². The van der Waals surface area contributed by atoms with Crippen molar-refractivity contribution in [2.45, 2.75) is 13.5 Å². The SMILES string of the molecule is Cc1nsc(NCc2ncc(I)s2)n1. The second-order valence-corrected chi connectivity index (χ2v) is 6.32. The molecule has 4 nitrogen and oxygen atoms in total. The van der Waals surface area contributed by atoms with E-state index in [1.54, 1.807) is 11.3 Å². The van der Waals surface area contributed by atoms with Gasteiger partial charge in [0.2, 0.25) is 5.13 Å². The van der Waals surface area contributed by atoms with E-state index in [0.717, 1.165) is 22.5 Å². The quantitative estimate of drug-likeness (QED) is 0.874. The maximum Gasteiger partial charge on any atom is 0.202 e. The minimum absolute atomic E-state index is 0.725. The van der Waals surface area contributed by atoms with E-state index in [1.807, 2.05) is 13.1 Å². The highest BCUT2D eigenvalue weighted by Gasteiger charge is 2.02. The van der Waals surface area contributed by atoms with Gasteiger partial charge in [-0.1, -0.05) is 0 Å². The topological polar surface area (TPSA) is 50.7 Å². The van der Waals surface area contributed by atoms with E-state index >= 15 is 0 Å². The Morgan fingerprint density at radius 3 is 3.00 bits per heavy atom. The summed E-state index contributed by atoms with van der Waals surface area (Å²) >= 11 is 5.32. The number of aryl methyl sites for hydroxylation is 1. The number of aromatic nitrogens is 3. The summed E-state index contributed by atoms with van der Waals surface area (Å²) in [5.41, 5.74) is 0. The predicted molar refractivity (Wildman–Crippen MR) is 66.8 cm³/mol. The van der Waals surface area contributed by atoms with E-state index in [-0.39, 0.29) is 0 Å². The fourth-order valence-corrected chi connectivity index (χ4v) is 2.94. The fourth-order valence-electron chi connectivity index (χ4n) is 0.890. The van der Waals surface area contributed by atoms with E-state index in [0.29, 0.717) is 0 Å². The lowest BCUT2D eigenvalue weighted by molar-refractivity contribution is 1.08. The molecule has 0 unspecified atom stereocenters. The van der Waals surface area contributed by atoms with Crippen molar-refractivity contribution in [1.82, 2.24) is 14.3 Å². The maximum absolute atomic E-state index is 4.24. The second kappa shape index (κ2) is 4.49. The van der Waals surface area contributed by atoms with E-state index in [4.69, 9.17) is 0 Å². The molecule has 0 aromatic carbocycles. The monoisotopic (exact) mass is 338 g/mol. The molecule has 2 aromatic rings. The highest BCUT2D eigenvalue weighted by Crippen LogP contribution is 2.17. The standard InChI is InChI=1S/C7H7IN4S2/c1-4-11-7(14-12-4)10-3-6-9-2-5(8)13-6/h2H,3H2,1H3,(H,10,11,12). The van der Waals surface area contributed by atoms with Crippen LogP contribution in [-0.2, 0) is 6.54 Å². The lowest BCUT2D eigenvalue weighted by Gasteiger charge is -1.96. The van der Waals surface area contributed by atoms with Crippen LogP contribution in [0.3, 0.4) is 0 Å². The summed E-state index contributed by atoms with van der Waals surface area (Å²) in [5, 5.41) is 5.11. The molecule has 1 N–H and O–H groups in total. The van der Waals surface area contributed by atoms with Gasteiger partial charge in [0.1, 0.15) is 10.8 Å². The van der Waals surface area contributed by atoms with Crippen LogP contribution >= 0.6 is 45.5 Å². The molecule has 14 heavy (non-hydrogen) atoms. The molecule has 0 aliphatic carbocycles. The minimum Gasteiger partial charge on any atom is -0.354 e. The first-order valence-electron chi connectivity index (χ1n) is 3.88. The lowest BCUT2D eigenvalue weighted by Crippen LogP contribution is -1.97. The molecule has 2 aromatic heterocycles. The third-order valence-corrected chi connectivity index (χ3v) is 3.93. The first kappa shape index (κ1) is 10.2. The number of halogens is 1. The van der Waals surface area contributed by atoms with Crippen molar-refractivity contribution in [3.05, 3.63) is 19.9 Å². The third-order valence-electron chi connectivity index (χ3n) is 1.44. The Hall–Kier alpha value is -0.280. The van der Waals surface area contributed by atoms with E-state index in [9.17, 15) is 0 Å². The van der Waals surface area contributed by atoms with Crippen LogP contribution in [0, 0.1) is 9.81 Å². The van der Waals surface area contributed by atoms with Gasteiger partial charge >= 0.3 is 0 Å². The number of nitrogens with one attached hydrogen (secondary N) is 1. The summed E-state index contributed by atoms with van der Waals surface area (Å²) in [6.45, 7) is 2.61. The van der Waals surface area contributed by atoms with Gasteiger partial charge < -0.3 is 5.32 Å². The van der Waals surface area contributed by atoms with Crippen LogP contribution in [0.4, 0.5) is 5.13 Å². The molecule has 0 amide bonds. The van der Waals surface area contributed by atoms with Crippen LogP contribution in [-0.4, -0.2) is 14.3 Å². The summed E-state index contributed by atoms with van der Waals surface area (Å²) in [5.74, 6) is 0.811. The summed E-state index contributed by atoms with van der Waals surface area (Å²) in [4.78, 5) is 8.45. The Labute approximate surface area is 103 Å². The number of hydrogen-bond acceptors (Lipinski definition) is 6. The number of thiazole rings is 1. The van der Waals surface area contributed by atoms with Crippen molar-refractivity contribution in [2.24, 2.45) is 0 Å². The first-order valence-corrected chi connectivity index (χ1v) is 6.55. The molecule has 0 saturated carbocycles. The third kappa shape index (κ3) is 2.61. The van der Waals surface area contributed by atoms with Gasteiger partial charge in [0.25, 0.3) is 0 Å². The predicted octanol–water partition coefficient (Wildman–Crippen LogP) is 2.52. The van der Waals surface area contributed by atoms with Crippen molar-refractivity contribution >= 4 is 50.6 Å². The van der Waals surface area contributed by atoms with Crippen LogP contribution in [0.15, 0.2) is 6.20 Å². The Kier molecular flexibility index (Phi) is 3.29. The second-order valence-electron chi connectivity index (χ2n) is 2.56. The van der Waals surface area contributed by atoms with Gasteiger partial charge in [-0.2, -0.15) is 4.37 Å². The van der Waals surface area contributed by atoms with Gasteiger partial charge in [-0.05, 0) is 29.5 Å². The molecule has 0 aliphatic rings. The largest absolute Gasteiger partial charge is 0.354 e. The molecule has 0 bridgehead atoms. The normalized spacial score (nSPS) is 10.4. The average Bonchev–Trinajstić information content (AvgIpc) is 2.72. The number of hydrogen-bond donors (Lipinski definition) is 1. The van der Waals surface area contributed by atoms with E-state index in [1.165, 1.54) is 14.4 Å². The van der Waals surface area contributed by atoms with Crippen molar-refractivity contribution in [1.29, 1.82) is 0 Å². The van der Waals surface area contributed by atoms with Crippen molar-refractivity contribution in [2.75, 3.05) is 5.32 Å². The molecule has 0 aliphatic heterocycles. The maximum atomic E-state index is 4.24. The highest BCUT2D eigenvalue weighted by atomic mass is 127. The fraction of sp³-hybridized carbons (Fsp3) is 0.286. The number of rotatable bonds is 3. The van der Waals surface area contributed by atoms with Gasteiger partial charge in [-0.3, -0.25) is 0 Å². The molecule has 0 atom stereocenters. The zero-order valence-electron chi connectivity index (χ0n) is 7.32. The van der Waals surface area contributed by atoms with E-state index in [2.05, 4.69) is 42.2 Å². The first-order chi connectivity index (χ1) is 6.74. The van der Waals surface area contributed by atoms with Crippen molar-refractivity contribution in [3.8, 4) is 0 Å². The van der Waals surface area contributed by atoms with Crippen LogP contribution in [0.5, 0.6) is 0 Å². The van der Waals surface area contributed by atoms with Crippen LogP contribution in [0.25, 0.3) is 0 Å². The van der Waals surface area contributed by atoms with Gasteiger partial charge in [0.15, 0.2) is 0 Å². The Balaban J connectivity index is 1.94. The lowest BCUT2D eigenvalue weighted by atomic mass is 10.7. The molecule has 74 valence electrons. The Morgan fingerprint density at radius 2 is 2.43 bits per heavy atom. The Bertz CT molecular complexity index is 385. The molecular weight excluding hydrogens is 331 g/mol.